The van der Waals surface area contributed by atoms with Crippen molar-refractivity contribution in [2.24, 2.45) is 11.7 Å². The van der Waals surface area contributed by atoms with E-state index in [0.29, 0.717) is 11.4 Å². The number of hydrogen-bond donors (Lipinski definition) is 1. The van der Waals surface area contributed by atoms with E-state index in [0.717, 1.165) is 25.7 Å². The van der Waals surface area contributed by atoms with Crippen LogP contribution in [0.4, 0.5) is 0 Å². The van der Waals surface area contributed by atoms with Gasteiger partial charge in [0, 0.05) is 11.1 Å². The Morgan fingerprint density at radius 2 is 2.00 bits per heavy atom. The van der Waals surface area contributed by atoms with Gasteiger partial charge in [0.2, 0.25) is 15.9 Å². The molecule has 3 atom stereocenters. The van der Waals surface area contributed by atoms with Crippen LogP contribution in [0.1, 0.15) is 32.1 Å². The number of sulfonamides is 1. The summed E-state index contributed by atoms with van der Waals surface area (Å²) in [6.45, 7) is 0. The molecule has 1 aliphatic heterocycles. The standard InChI is InChI=1S/C15H19ClN2O3S/c16-11-5-3-6-12(9-11)22(20,21)18-13-7-2-1-4-10(13)8-14(18)15(17)19/h3,5-6,9-10,13-14H,1-2,4,7-8H2,(H2,17,19)/t10-,13+,14-/m0/s1. The number of carbonyl (C=O) groups is 1. The summed E-state index contributed by atoms with van der Waals surface area (Å²) in [6, 6.07) is 5.27. The SMILES string of the molecule is NC(=O)[C@@H]1C[C@@H]2CCCC[C@H]2N1S(=O)(=O)c1cccc(Cl)c1. The smallest absolute Gasteiger partial charge is 0.244 e. The highest BCUT2D eigenvalue weighted by molar-refractivity contribution is 7.89. The van der Waals surface area contributed by atoms with E-state index in [1.54, 1.807) is 12.1 Å². The molecule has 1 amide bonds. The molecule has 0 spiro atoms. The molecule has 3 rings (SSSR count). The second-order valence-electron chi connectivity index (χ2n) is 6.06. The second-order valence-corrected chi connectivity index (χ2v) is 8.34. The van der Waals surface area contributed by atoms with Crippen LogP contribution in [0.2, 0.25) is 5.02 Å². The van der Waals surface area contributed by atoms with E-state index < -0.39 is 22.0 Å². The van der Waals surface area contributed by atoms with Gasteiger partial charge < -0.3 is 5.73 Å². The number of benzene rings is 1. The molecule has 7 heteroatoms. The summed E-state index contributed by atoms with van der Waals surface area (Å²) in [5.41, 5.74) is 5.48. The lowest BCUT2D eigenvalue weighted by Gasteiger charge is -2.32. The summed E-state index contributed by atoms with van der Waals surface area (Å²) >= 11 is 5.92. The molecule has 1 aromatic carbocycles. The highest BCUT2D eigenvalue weighted by Gasteiger charge is 2.50. The number of hydrogen-bond acceptors (Lipinski definition) is 3. The first-order chi connectivity index (χ1) is 10.4. The lowest BCUT2D eigenvalue weighted by atomic mass is 9.85. The second kappa shape index (κ2) is 5.83. The summed E-state index contributed by atoms with van der Waals surface area (Å²) in [4.78, 5) is 11.9. The van der Waals surface area contributed by atoms with Gasteiger partial charge in [-0.25, -0.2) is 8.42 Å². The average Bonchev–Trinajstić information content (AvgIpc) is 2.87. The topological polar surface area (TPSA) is 80.5 Å². The molecule has 1 heterocycles. The number of nitrogens with zero attached hydrogens (tertiary/aromatic N) is 1. The third-order valence-electron chi connectivity index (χ3n) is 4.73. The van der Waals surface area contributed by atoms with Crippen molar-refractivity contribution in [3.05, 3.63) is 29.3 Å². The molecule has 2 fully saturated rings. The number of primary amides is 1. The Morgan fingerprint density at radius 3 is 2.68 bits per heavy atom. The molecule has 2 aliphatic rings. The number of amides is 1. The molecule has 22 heavy (non-hydrogen) atoms. The molecule has 0 bridgehead atoms. The van der Waals surface area contributed by atoms with E-state index in [9.17, 15) is 13.2 Å². The van der Waals surface area contributed by atoms with Gasteiger partial charge in [-0.05, 0) is 43.4 Å². The lowest BCUT2D eigenvalue weighted by Crippen LogP contribution is -2.48. The van der Waals surface area contributed by atoms with Gasteiger partial charge in [-0.3, -0.25) is 4.79 Å². The van der Waals surface area contributed by atoms with Crippen LogP contribution in [-0.4, -0.2) is 30.7 Å². The van der Waals surface area contributed by atoms with E-state index in [2.05, 4.69) is 0 Å². The highest BCUT2D eigenvalue weighted by Crippen LogP contribution is 2.42. The largest absolute Gasteiger partial charge is 0.368 e. The molecule has 120 valence electrons. The van der Waals surface area contributed by atoms with E-state index in [1.807, 2.05) is 0 Å². The van der Waals surface area contributed by atoms with E-state index in [1.165, 1.54) is 16.4 Å². The van der Waals surface area contributed by atoms with Crippen molar-refractivity contribution in [3.63, 3.8) is 0 Å². The zero-order valence-corrected chi connectivity index (χ0v) is 13.7. The van der Waals surface area contributed by atoms with Crippen molar-refractivity contribution in [1.29, 1.82) is 0 Å². The normalized spacial score (nSPS) is 29.2. The third-order valence-corrected chi connectivity index (χ3v) is 6.89. The molecule has 2 N–H and O–H groups in total. The fourth-order valence-electron chi connectivity index (χ4n) is 3.76. The predicted octanol–water partition coefficient (Wildman–Crippen LogP) is 2.15. The minimum atomic E-state index is -3.78. The summed E-state index contributed by atoms with van der Waals surface area (Å²) in [5, 5.41) is 0.357. The van der Waals surface area contributed by atoms with Crippen LogP contribution in [0.15, 0.2) is 29.2 Å². The number of halogens is 1. The third kappa shape index (κ3) is 2.64. The fraction of sp³-hybridized carbons (Fsp3) is 0.533. The Hall–Kier alpha value is -1.11. The predicted molar refractivity (Wildman–Crippen MR) is 83.8 cm³/mol. The Bertz CT molecular complexity index is 692. The molecule has 0 unspecified atom stereocenters. The van der Waals surface area contributed by atoms with E-state index in [-0.39, 0.29) is 16.9 Å². The Morgan fingerprint density at radius 1 is 1.27 bits per heavy atom. The average molecular weight is 343 g/mol. The zero-order chi connectivity index (χ0) is 15.9. The molecule has 1 aliphatic carbocycles. The van der Waals surface area contributed by atoms with Crippen LogP contribution in [0.3, 0.4) is 0 Å². The summed E-state index contributed by atoms with van der Waals surface area (Å²) in [7, 11) is -3.78. The Kier molecular flexibility index (Phi) is 4.18. The van der Waals surface area contributed by atoms with Gasteiger partial charge in [0.15, 0.2) is 0 Å². The van der Waals surface area contributed by atoms with Gasteiger partial charge in [0.05, 0.1) is 4.90 Å². The molecular formula is C15H19ClN2O3S. The molecule has 5 nitrogen and oxygen atoms in total. The van der Waals surface area contributed by atoms with Gasteiger partial charge >= 0.3 is 0 Å². The summed E-state index contributed by atoms with van der Waals surface area (Å²) in [5.74, 6) is -0.347. The minimum Gasteiger partial charge on any atom is -0.368 e. The van der Waals surface area contributed by atoms with Crippen LogP contribution in [-0.2, 0) is 14.8 Å². The Labute approximate surface area is 135 Å². The first-order valence-corrected chi connectivity index (χ1v) is 9.31. The first kappa shape index (κ1) is 15.8. The van der Waals surface area contributed by atoms with E-state index >= 15 is 0 Å². The van der Waals surface area contributed by atoms with Gasteiger partial charge in [-0.1, -0.05) is 30.5 Å². The highest BCUT2D eigenvalue weighted by atomic mass is 35.5. The molecular weight excluding hydrogens is 324 g/mol. The van der Waals surface area contributed by atoms with Crippen molar-refractivity contribution < 1.29 is 13.2 Å². The fourth-order valence-corrected chi connectivity index (χ4v) is 5.94. The van der Waals surface area contributed by atoms with Crippen LogP contribution in [0.5, 0.6) is 0 Å². The van der Waals surface area contributed by atoms with Crippen molar-refractivity contribution in [3.8, 4) is 0 Å². The van der Waals surface area contributed by atoms with Crippen LogP contribution < -0.4 is 5.73 Å². The van der Waals surface area contributed by atoms with Crippen LogP contribution >= 0.6 is 11.6 Å². The van der Waals surface area contributed by atoms with Crippen LogP contribution in [0, 0.1) is 5.92 Å². The van der Waals surface area contributed by atoms with Crippen LogP contribution in [0.25, 0.3) is 0 Å². The summed E-state index contributed by atoms with van der Waals surface area (Å²) in [6.07, 6.45) is 4.33. The van der Waals surface area contributed by atoms with Crippen molar-refractivity contribution in [2.75, 3.05) is 0 Å². The quantitative estimate of drug-likeness (QED) is 0.913. The number of rotatable bonds is 3. The molecule has 1 saturated heterocycles. The van der Waals surface area contributed by atoms with Gasteiger partial charge in [-0.15, -0.1) is 0 Å². The van der Waals surface area contributed by atoms with Gasteiger partial charge in [0.1, 0.15) is 6.04 Å². The van der Waals surface area contributed by atoms with Gasteiger partial charge in [-0.2, -0.15) is 4.31 Å². The number of fused-ring (bicyclic) bond motifs is 1. The number of carbonyl (C=O) groups excluding carboxylic acids is 1. The Balaban J connectivity index is 2.04. The molecule has 0 aromatic heterocycles. The number of nitrogens with two attached hydrogens (primary N) is 1. The molecule has 1 aromatic rings. The van der Waals surface area contributed by atoms with E-state index in [4.69, 9.17) is 17.3 Å². The maximum Gasteiger partial charge on any atom is 0.244 e. The van der Waals surface area contributed by atoms with Crippen molar-refractivity contribution >= 4 is 27.5 Å². The van der Waals surface area contributed by atoms with Gasteiger partial charge in [0.25, 0.3) is 0 Å². The minimum absolute atomic E-state index is 0.123. The monoisotopic (exact) mass is 342 g/mol. The molecule has 0 radical (unpaired) electrons. The molecule has 1 saturated carbocycles. The maximum absolute atomic E-state index is 13.0. The zero-order valence-electron chi connectivity index (χ0n) is 12.1. The lowest BCUT2D eigenvalue weighted by molar-refractivity contribution is -0.121. The first-order valence-electron chi connectivity index (χ1n) is 7.49. The maximum atomic E-state index is 13.0. The summed E-state index contributed by atoms with van der Waals surface area (Å²) < 4.78 is 27.4. The van der Waals surface area contributed by atoms with Crippen molar-refractivity contribution in [2.45, 2.75) is 49.1 Å². The van der Waals surface area contributed by atoms with Crippen molar-refractivity contribution in [1.82, 2.24) is 4.31 Å².